The Morgan fingerprint density at radius 3 is 2.96 bits per heavy atom. The van der Waals surface area contributed by atoms with Crippen LogP contribution >= 0.6 is 11.3 Å². The Morgan fingerprint density at radius 1 is 1.35 bits per heavy atom. The quantitative estimate of drug-likeness (QED) is 0.886. The van der Waals surface area contributed by atoms with Gasteiger partial charge in [-0.25, -0.2) is 9.50 Å². The van der Waals surface area contributed by atoms with E-state index in [1.807, 2.05) is 17.6 Å². The molecule has 2 aromatic heterocycles. The predicted octanol–water partition coefficient (Wildman–Crippen LogP) is 1.25. The summed E-state index contributed by atoms with van der Waals surface area (Å²) in [5.74, 6) is 0.590. The Kier molecular flexibility index (Phi) is 4.48. The van der Waals surface area contributed by atoms with Gasteiger partial charge in [-0.15, -0.1) is 5.10 Å². The molecule has 2 fully saturated rings. The maximum Gasteiger partial charge on any atom is 0.214 e. The van der Waals surface area contributed by atoms with Crippen molar-refractivity contribution in [3.05, 3.63) is 11.9 Å². The van der Waals surface area contributed by atoms with Crippen molar-refractivity contribution in [2.45, 2.75) is 19.4 Å². The molecule has 0 aromatic carbocycles. The van der Waals surface area contributed by atoms with Gasteiger partial charge in [0.2, 0.25) is 10.1 Å². The summed E-state index contributed by atoms with van der Waals surface area (Å²) in [5, 5.41) is 9.02. The SMILES string of the molecule is Cc1cn2nc(NC[C@@H]([C@H]3CCOC3)N3CCOCC3)sc2n1. The predicted molar refractivity (Wildman–Crippen MR) is 89.2 cm³/mol. The summed E-state index contributed by atoms with van der Waals surface area (Å²) in [5.41, 5.74) is 1.00. The Hall–Kier alpha value is -1.22. The molecule has 2 atom stereocenters. The number of hydrogen-bond acceptors (Lipinski definition) is 7. The van der Waals surface area contributed by atoms with Crippen LogP contribution in [0, 0.1) is 12.8 Å². The molecule has 7 nitrogen and oxygen atoms in total. The van der Waals surface area contributed by atoms with E-state index in [1.165, 1.54) is 0 Å². The van der Waals surface area contributed by atoms with Crippen LogP contribution in [0.15, 0.2) is 6.20 Å². The van der Waals surface area contributed by atoms with E-state index in [0.717, 1.165) is 68.3 Å². The molecule has 4 heterocycles. The highest BCUT2D eigenvalue weighted by Gasteiger charge is 2.31. The van der Waals surface area contributed by atoms with E-state index >= 15 is 0 Å². The number of morpholine rings is 1. The largest absolute Gasteiger partial charge is 0.381 e. The highest BCUT2D eigenvalue weighted by Crippen LogP contribution is 2.24. The Balaban J connectivity index is 1.44. The second-order valence-electron chi connectivity index (χ2n) is 6.24. The molecule has 0 aliphatic carbocycles. The fourth-order valence-corrected chi connectivity index (χ4v) is 4.27. The lowest BCUT2D eigenvalue weighted by molar-refractivity contribution is 0.00461. The lowest BCUT2D eigenvalue weighted by atomic mass is 9.97. The number of rotatable bonds is 5. The van der Waals surface area contributed by atoms with E-state index in [9.17, 15) is 0 Å². The van der Waals surface area contributed by atoms with Gasteiger partial charge in [0.05, 0.1) is 31.7 Å². The minimum atomic E-state index is 0.472. The summed E-state index contributed by atoms with van der Waals surface area (Å²) >= 11 is 1.60. The van der Waals surface area contributed by atoms with Gasteiger partial charge in [0, 0.05) is 38.2 Å². The molecule has 1 N–H and O–H groups in total. The normalized spacial score (nSPS) is 24.3. The van der Waals surface area contributed by atoms with Crippen LogP contribution in [-0.2, 0) is 9.47 Å². The van der Waals surface area contributed by atoms with Gasteiger partial charge < -0.3 is 14.8 Å². The first-order valence-electron chi connectivity index (χ1n) is 8.26. The molecule has 0 radical (unpaired) electrons. The summed E-state index contributed by atoms with van der Waals surface area (Å²) in [6.45, 7) is 8.29. The zero-order chi connectivity index (χ0) is 15.6. The zero-order valence-corrected chi connectivity index (χ0v) is 14.2. The summed E-state index contributed by atoms with van der Waals surface area (Å²) in [4.78, 5) is 7.94. The van der Waals surface area contributed by atoms with Crippen molar-refractivity contribution < 1.29 is 9.47 Å². The van der Waals surface area contributed by atoms with Crippen LogP contribution in [0.25, 0.3) is 4.96 Å². The van der Waals surface area contributed by atoms with Crippen molar-refractivity contribution >= 4 is 21.4 Å². The van der Waals surface area contributed by atoms with Crippen molar-refractivity contribution in [3.63, 3.8) is 0 Å². The molecule has 0 bridgehead atoms. The number of imidazole rings is 1. The molecule has 126 valence electrons. The van der Waals surface area contributed by atoms with Crippen LogP contribution in [0.3, 0.4) is 0 Å². The van der Waals surface area contributed by atoms with Gasteiger partial charge >= 0.3 is 0 Å². The summed E-state index contributed by atoms with van der Waals surface area (Å²) < 4.78 is 13.0. The smallest absolute Gasteiger partial charge is 0.214 e. The number of aromatic nitrogens is 3. The van der Waals surface area contributed by atoms with Gasteiger partial charge in [-0.05, 0) is 13.3 Å². The highest BCUT2D eigenvalue weighted by atomic mass is 32.1. The molecular formula is C15H23N5O2S. The fourth-order valence-electron chi connectivity index (χ4n) is 3.43. The van der Waals surface area contributed by atoms with Gasteiger partial charge in [-0.1, -0.05) is 11.3 Å². The summed E-state index contributed by atoms with van der Waals surface area (Å²) in [6.07, 6.45) is 3.10. The Morgan fingerprint density at radius 2 is 2.22 bits per heavy atom. The Bertz CT molecular complexity index is 614. The fraction of sp³-hybridized carbons (Fsp3) is 0.733. The number of ether oxygens (including phenoxy) is 2. The number of hydrogen-bond donors (Lipinski definition) is 1. The number of aryl methyl sites for hydroxylation is 1. The van der Waals surface area contributed by atoms with Crippen molar-refractivity contribution in [1.82, 2.24) is 19.5 Å². The first-order chi connectivity index (χ1) is 11.3. The highest BCUT2D eigenvalue weighted by molar-refractivity contribution is 7.20. The molecule has 2 aliphatic heterocycles. The van der Waals surface area contributed by atoms with Crippen LogP contribution in [0.2, 0.25) is 0 Å². The molecule has 0 saturated carbocycles. The van der Waals surface area contributed by atoms with Gasteiger partial charge in [-0.2, -0.15) is 0 Å². The van der Waals surface area contributed by atoms with E-state index in [-0.39, 0.29) is 0 Å². The minimum absolute atomic E-state index is 0.472. The van der Waals surface area contributed by atoms with E-state index in [2.05, 4.69) is 20.3 Å². The van der Waals surface area contributed by atoms with Crippen molar-refractivity contribution in [3.8, 4) is 0 Å². The maximum atomic E-state index is 5.62. The van der Waals surface area contributed by atoms with E-state index in [0.29, 0.717) is 12.0 Å². The van der Waals surface area contributed by atoms with E-state index in [4.69, 9.17) is 9.47 Å². The molecule has 2 aliphatic rings. The second kappa shape index (κ2) is 6.72. The Labute approximate surface area is 139 Å². The van der Waals surface area contributed by atoms with E-state index < -0.39 is 0 Å². The standard InChI is InChI=1S/C15H23N5O2S/c1-11-9-20-15(17-11)23-14(18-20)16-8-13(12-2-5-22-10-12)19-3-6-21-7-4-19/h9,12-13H,2-8,10H2,1H3,(H,16,18)/t12-,13-/m0/s1. The van der Waals surface area contributed by atoms with Crippen LogP contribution in [-0.4, -0.2) is 71.6 Å². The van der Waals surface area contributed by atoms with Gasteiger partial charge in [-0.3, -0.25) is 4.90 Å². The second-order valence-corrected chi connectivity index (χ2v) is 7.19. The van der Waals surface area contributed by atoms with E-state index in [1.54, 1.807) is 11.3 Å². The number of fused-ring (bicyclic) bond motifs is 1. The lowest BCUT2D eigenvalue weighted by Gasteiger charge is -2.37. The zero-order valence-electron chi connectivity index (χ0n) is 13.4. The monoisotopic (exact) mass is 337 g/mol. The van der Waals surface area contributed by atoms with Crippen molar-refractivity contribution in [1.29, 1.82) is 0 Å². The van der Waals surface area contributed by atoms with Crippen LogP contribution < -0.4 is 5.32 Å². The third-order valence-corrected chi connectivity index (χ3v) is 5.53. The lowest BCUT2D eigenvalue weighted by Crippen LogP contribution is -2.50. The van der Waals surface area contributed by atoms with Crippen molar-refractivity contribution in [2.24, 2.45) is 5.92 Å². The molecule has 0 spiro atoms. The van der Waals surface area contributed by atoms with Gasteiger partial charge in [0.25, 0.3) is 0 Å². The van der Waals surface area contributed by atoms with Crippen molar-refractivity contribution in [2.75, 3.05) is 51.4 Å². The molecule has 4 rings (SSSR count). The molecule has 2 saturated heterocycles. The number of nitrogens with zero attached hydrogens (tertiary/aromatic N) is 4. The molecule has 23 heavy (non-hydrogen) atoms. The molecular weight excluding hydrogens is 314 g/mol. The first-order valence-corrected chi connectivity index (χ1v) is 9.07. The molecule has 2 aromatic rings. The number of anilines is 1. The minimum Gasteiger partial charge on any atom is -0.381 e. The topological polar surface area (TPSA) is 63.9 Å². The third kappa shape index (κ3) is 3.35. The molecule has 0 amide bonds. The first kappa shape index (κ1) is 15.3. The average Bonchev–Trinajstić information content (AvgIpc) is 3.25. The third-order valence-electron chi connectivity index (χ3n) is 4.65. The maximum absolute atomic E-state index is 5.62. The van der Waals surface area contributed by atoms with Crippen LogP contribution in [0.1, 0.15) is 12.1 Å². The average molecular weight is 337 g/mol. The summed E-state index contributed by atoms with van der Waals surface area (Å²) in [7, 11) is 0. The van der Waals surface area contributed by atoms with Crippen LogP contribution in [0.4, 0.5) is 5.13 Å². The molecule has 8 heteroatoms. The van der Waals surface area contributed by atoms with Gasteiger partial charge in [0.15, 0.2) is 0 Å². The summed E-state index contributed by atoms with van der Waals surface area (Å²) in [6, 6.07) is 0.472. The number of nitrogens with one attached hydrogen (secondary N) is 1. The molecule has 0 unspecified atom stereocenters. The van der Waals surface area contributed by atoms with Crippen LogP contribution in [0.5, 0.6) is 0 Å². The van der Waals surface area contributed by atoms with Gasteiger partial charge in [0.1, 0.15) is 0 Å².